The molecular formula is C49H52F2N6O8S. The standard InChI is InChI=1S/C49H52F2N6O8S/c1-25-15-34(40(59)39-33(25)7-6-14-52-39)38(29-12-13-36-37(16-29)65-49(50,51)64-36)55-43(60)30-18-48(19-30)20-31(21-48)44(61)56-42(47(3,4)5)46(63)57-23-32(58)17-35(57)45(62)53-22-27-8-10-28(11-9-27)41-26(2)54-24-66-41/h6-16,24,30-32,35,38,42,58-59H,17-23H2,1-5H3,(H,53,62)(H,55,60)(H,56,61)/t30?,31?,32-,35+,38?,42+,48?/m0/s1. The molecule has 0 radical (unpaired) electrons. The van der Waals surface area contributed by atoms with Gasteiger partial charge in [0.05, 0.1) is 28.2 Å². The molecule has 9 rings (SSSR count). The Morgan fingerprint density at radius 2 is 1.59 bits per heavy atom. The molecule has 0 bridgehead atoms. The lowest BCUT2D eigenvalue weighted by Crippen LogP contribution is -2.61. The number of carbonyl (C=O) groups excluding carboxylic acids is 4. The van der Waals surface area contributed by atoms with Crippen molar-refractivity contribution in [1.82, 2.24) is 30.8 Å². The number of amides is 4. The SMILES string of the molecule is Cc1ncsc1-c1ccc(CNC(=O)[C@H]2C[C@H](O)CN2C(=O)[C@@H](NC(=O)C2CC3(CC(C(=O)NC(c4ccc5c(c4)OC(F)(F)O5)c4cc(C)c5cccnc5c4O)C3)C2)C(C)(C)C)cc1. The van der Waals surface area contributed by atoms with E-state index >= 15 is 0 Å². The zero-order valence-corrected chi connectivity index (χ0v) is 38.0. The van der Waals surface area contributed by atoms with E-state index in [-0.39, 0.29) is 59.9 Å². The van der Waals surface area contributed by atoms with Crippen molar-refractivity contribution in [2.24, 2.45) is 22.7 Å². The number of thiazole rings is 1. The van der Waals surface area contributed by atoms with Crippen molar-refractivity contribution in [2.75, 3.05) is 6.54 Å². The number of benzene rings is 3. The fourth-order valence-electron chi connectivity index (χ4n) is 10.1. The number of aliphatic hydroxyl groups excluding tert-OH is 1. The van der Waals surface area contributed by atoms with E-state index in [2.05, 4.69) is 30.7 Å². The molecule has 2 aromatic heterocycles. The number of nitrogens with one attached hydrogen (secondary N) is 3. The summed E-state index contributed by atoms with van der Waals surface area (Å²) < 4.78 is 37.3. The van der Waals surface area contributed by atoms with Crippen LogP contribution in [0.15, 0.2) is 72.4 Å². The summed E-state index contributed by atoms with van der Waals surface area (Å²) in [5, 5.41) is 31.9. The number of nitrogens with zero attached hydrogens (tertiary/aromatic N) is 3. The Morgan fingerprint density at radius 3 is 2.26 bits per heavy atom. The van der Waals surface area contributed by atoms with E-state index in [1.54, 1.807) is 35.2 Å². The van der Waals surface area contributed by atoms with Gasteiger partial charge in [0.1, 0.15) is 23.3 Å². The third kappa shape index (κ3) is 8.65. The van der Waals surface area contributed by atoms with E-state index in [1.165, 1.54) is 23.1 Å². The molecule has 4 atom stereocenters. The number of aromatic nitrogens is 2. The molecule has 1 saturated heterocycles. The summed E-state index contributed by atoms with van der Waals surface area (Å²) in [7, 11) is 0. The summed E-state index contributed by atoms with van der Waals surface area (Å²) in [4.78, 5) is 66.8. The molecule has 3 fully saturated rings. The largest absolute Gasteiger partial charge is 0.586 e. The Kier molecular flexibility index (Phi) is 11.5. The van der Waals surface area contributed by atoms with Gasteiger partial charge in [0, 0.05) is 48.5 Å². The number of likely N-dealkylation sites (tertiary alicyclic amines) is 1. The van der Waals surface area contributed by atoms with Crippen molar-refractivity contribution in [2.45, 2.75) is 104 Å². The minimum absolute atomic E-state index is 0.0410. The molecule has 4 heterocycles. The number of halogens is 2. The number of aromatic hydroxyl groups is 1. The van der Waals surface area contributed by atoms with Crippen LogP contribution < -0.4 is 25.4 Å². The zero-order chi connectivity index (χ0) is 46.9. The molecule has 1 spiro atoms. The summed E-state index contributed by atoms with van der Waals surface area (Å²) in [6.45, 7) is 9.52. The molecular weight excluding hydrogens is 871 g/mol. The second-order valence-corrected chi connectivity index (χ2v) is 20.3. The minimum Gasteiger partial charge on any atom is -0.505 e. The monoisotopic (exact) mass is 922 g/mol. The average molecular weight is 923 g/mol. The van der Waals surface area contributed by atoms with Crippen molar-refractivity contribution in [1.29, 1.82) is 0 Å². The summed E-state index contributed by atoms with van der Waals surface area (Å²) >= 11 is 1.56. The van der Waals surface area contributed by atoms with Crippen LogP contribution in [0.2, 0.25) is 0 Å². The molecule has 5 aromatic rings. The molecule has 66 heavy (non-hydrogen) atoms. The molecule has 4 amide bonds. The van der Waals surface area contributed by atoms with Crippen LogP contribution in [0.4, 0.5) is 8.78 Å². The molecule has 1 unspecified atom stereocenters. The molecule has 5 N–H and O–H groups in total. The molecule has 3 aromatic carbocycles. The second kappa shape index (κ2) is 16.9. The van der Waals surface area contributed by atoms with Crippen LogP contribution in [-0.4, -0.2) is 79.7 Å². The molecule has 4 aliphatic rings. The smallest absolute Gasteiger partial charge is 0.505 e. The number of alkyl halides is 2. The summed E-state index contributed by atoms with van der Waals surface area (Å²) in [5.41, 5.74) is 5.50. The van der Waals surface area contributed by atoms with Gasteiger partial charge in [-0.05, 0) is 96.9 Å². The number of phenols is 1. The van der Waals surface area contributed by atoms with Crippen molar-refractivity contribution in [3.05, 3.63) is 100 Å². The van der Waals surface area contributed by atoms with Gasteiger partial charge in [-0.3, -0.25) is 24.2 Å². The summed E-state index contributed by atoms with van der Waals surface area (Å²) in [6.07, 6.45) is -1.08. The van der Waals surface area contributed by atoms with Gasteiger partial charge in [0.25, 0.3) is 0 Å². The van der Waals surface area contributed by atoms with E-state index in [0.717, 1.165) is 32.6 Å². The van der Waals surface area contributed by atoms with E-state index < -0.39 is 53.7 Å². The van der Waals surface area contributed by atoms with Gasteiger partial charge in [-0.2, -0.15) is 0 Å². The number of phenolic OH excluding ortho intramolecular Hbond substituents is 1. The number of pyridine rings is 1. The predicted molar refractivity (Wildman–Crippen MR) is 240 cm³/mol. The maximum absolute atomic E-state index is 14.3. The second-order valence-electron chi connectivity index (χ2n) is 19.4. The molecule has 2 saturated carbocycles. The first kappa shape index (κ1) is 45.0. The Morgan fingerprint density at radius 1 is 0.909 bits per heavy atom. The first-order valence-electron chi connectivity index (χ1n) is 22.1. The number of β-amino-alcohol motifs (C(OH)–C–C–N with tert-alkyl or cyclic N) is 1. The fourth-order valence-corrected chi connectivity index (χ4v) is 10.9. The van der Waals surface area contributed by atoms with Gasteiger partial charge < -0.3 is 40.5 Å². The van der Waals surface area contributed by atoms with E-state index in [4.69, 9.17) is 4.74 Å². The van der Waals surface area contributed by atoms with Crippen molar-refractivity contribution < 1.29 is 47.6 Å². The number of rotatable bonds is 11. The highest BCUT2D eigenvalue weighted by atomic mass is 32.1. The molecule has 2 aliphatic heterocycles. The highest BCUT2D eigenvalue weighted by Crippen LogP contribution is 2.61. The normalized spacial score (nSPS) is 23.7. The number of hydrogen-bond acceptors (Lipinski definition) is 11. The first-order valence-corrected chi connectivity index (χ1v) is 23.0. The van der Waals surface area contributed by atoms with Gasteiger partial charge in [-0.25, -0.2) is 4.98 Å². The van der Waals surface area contributed by atoms with Crippen LogP contribution in [0.25, 0.3) is 21.3 Å². The Bertz CT molecular complexity index is 2730. The van der Waals surface area contributed by atoms with E-state index in [0.29, 0.717) is 42.3 Å². The zero-order valence-electron chi connectivity index (χ0n) is 37.2. The number of aliphatic hydroxyl groups is 1. The van der Waals surface area contributed by atoms with Gasteiger partial charge >= 0.3 is 6.29 Å². The van der Waals surface area contributed by atoms with E-state index in [9.17, 15) is 38.2 Å². The number of hydrogen-bond donors (Lipinski definition) is 5. The van der Waals surface area contributed by atoms with Crippen molar-refractivity contribution in [3.8, 4) is 27.7 Å². The van der Waals surface area contributed by atoms with Gasteiger partial charge in [-0.1, -0.05) is 57.2 Å². The van der Waals surface area contributed by atoms with Gasteiger partial charge in [0.15, 0.2) is 11.5 Å². The Hall–Kier alpha value is -6.20. The van der Waals surface area contributed by atoms with Crippen LogP contribution in [0.3, 0.4) is 0 Å². The lowest BCUT2D eigenvalue weighted by molar-refractivity contribution is -0.286. The highest BCUT2D eigenvalue weighted by molar-refractivity contribution is 7.13. The predicted octanol–water partition coefficient (Wildman–Crippen LogP) is 6.82. The number of fused-ring (bicyclic) bond motifs is 2. The molecule has 2 aliphatic carbocycles. The Labute approximate surface area is 384 Å². The quantitative estimate of drug-likeness (QED) is 0.0939. The fraction of sp³-hybridized carbons (Fsp3) is 0.429. The average Bonchev–Trinajstić information content (AvgIpc) is 3.95. The molecule has 346 valence electrons. The Balaban J connectivity index is 0.824. The number of carbonyl (C=O) groups is 4. The third-order valence-electron chi connectivity index (χ3n) is 13.6. The number of aryl methyl sites for hydroxylation is 2. The van der Waals surface area contributed by atoms with Gasteiger partial charge in [-0.15, -0.1) is 20.1 Å². The van der Waals surface area contributed by atoms with Crippen molar-refractivity contribution in [3.63, 3.8) is 0 Å². The maximum Gasteiger partial charge on any atom is 0.586 e. The summed E-state index contributed by atoms with van der Waals surface area (Å²) in [6, 6.07) is 14.5. The van der Waals surface area contributed by atoms with Gasteiger partial charge in [0.2, 0.25) is 23.6 Å². The third-order valence-corrected chi connectivity index (χ3v) is 14.6. The minimum atomic E-state index is -3.84. The van der Waals surface area contributed by atoms with Crippen LogP contribution >= 0.6 is 11.3 Å². The molecule has 14 nitrogen and oxygen atoms in total. The lowest BCUT2D eigenvalue weighted by atomic mass is 9.48. The van der Waals surface area contributed by atoms with E-state index in [1.807, 2.05) is 65.0 Å². The maximum atomic E-state index is 14.3. The topological polar surface area (TPSA) is 192 Å². The summed E-state index contributed by atoms with van der Waals surface area (Å²) in [5.74, 6) is -2.76. The van der Waals surface area contributed by atoms with Crippen molar-refractivity contribution >= 4 is 45.9 Å². The van der Waals surface area contributed by atoms with Crippen LogP contribution in [0, 0.1) is 36.5 Å². The van der Waals surface area contributed by atoms with Crippen LogP contribution in [0.5, 0.6) is 17.2 Å². The first-order chi connectivity index (χ1) is 31.3. The van der Waals surface area contributed by atoms with Crippen LogP contribution in [0.1, 0.15) is 86.9 Å². The highest BCUT2D eigenvalue weighted by Gasteiger charge is 2.57. The lowest BCUT2D eigenvalue weighted by Gasteiger charge is -2.57. The number of ether oxygens (including phenoxy) is 2. The molecule has 17 heteroatoms. The van der Waals surface area contributed by atoms with Crippen LogP contribution in [-0.2, 0) is 25.7 Å².